The molecule has 0 aromatic heterocycles. The van der Waals surface area contributed by atoms with Gasteiger partial charge in [-0.05, 0) is 54.3 Å². The van der Waals surface area contributed by atoms with Crippen molar-refractivity contribution < 1.29 is 19.5 Å². The van der Waals surface area contributed by atoms with Crippen LogP contribution in [0.15, 0.2) is 42.5 Å². The Morgan fingerprint density at radius 3 is 2.41 bits per heavy atom. The predicted molar refractivity (Wildman–Crippen MR) is 104 cm³/mol. The van der Waals surface area contributed by atoms with Crippen LogP contribution in [0.3, 0.4) is 0 Å². The van der Waals surface area contributed by atoms with Crippen molar-refractivity contribution in [1.29, 1.82) is 0 Å². The molecule has 0 saturated carbocycles. The van der Waals surface area contributed by atoms with E-state index in [9.17, 15) is 14.4 Å². The topological polar surface area (TPSA) is 95.5 Å². The zero-order valence-corrected chi connectivity index (χ0v) is 15.7. The van der Waals surface area contributed by atoms with Crippen LogP contribution in [0.5, 0.6) is 0 Å². The second-order valence-electron chi connectivity index (χ2n) is 6.92. The van der Waals surface area contributed by atoms with Crippen molar-refractivity contribution in [1.82, 2.24) is 5.32 Å². The minimum atomic E-state index is -1.07. The van der Waals surface area contributed by atoms with E-state index in [-0.39, 0.29) is 29.8 Å². The van der Waals surface area contributed by atoms with Gasteiger partial charge in [0.2, 0.25) is 5.91 Å². The summed E-state index contributed by atoms with van der Waals surface area (Å²) in [5.74, 6) is -1.20. The average Bonchev–Trinajstić information content (AvgIpc) is 2.58. The van der Waals surface area contributed by atoms with Crippen molar-refractivity contribution in [3.63, 3.8) is 0 Å². The Morgan fingerprint density at radius 1 is 1.04 bits per heavy atom. The molecule has 0 aliphatic rings. The summed E-state index contributed by atoms with van der Waals surface area (Å²) < 4.78 is 0. The van der Waals surface area contributed by atoms with Gasteiger partial charge in [-0.3, -0.25) is 9.59 Å². The highest BCUT2D eigenvalue weighted by Gasteiger charge is 2.11. The molecule has 2 aromatic rings. The maximum atomic E-state index is 12.4. The van der Waals surface area contributed by atoms with E-state index in [1.165, 1.54) is 12.1 Å². The smallest absolute Gasteiger partial charge is 0.335 e. The van der Waals surface area contributed by atoms with Gasteiger partial charge in [0, 0.05) is 24.2 Å². The summed E-state index contributed by atoms with van der Waals surface area (Å²) in [6.07, 6.45) is 0.445. The minimum absolute atomic E-state index is 0.0489. The number of carboxylic acid groups (broad SMARTS) is 1. The van der Waals surface area contributed by atoms with Gasteiger partial charge in [-0.25, -0.2) is 4.79 Å². The summed E-state index contributed by atoms with van der Waals surface area (Å²) in [6, 6.07) is 11.8. The zero-order valence-electron chi connectivity index (χ0n) is 15.7. The van der Waals surface area contributed by atoms with E-state index in [4.69, 9.17) is 5.11 Å². The third kappa shape index (κ3) is 6.26. The van der Waals surface area contributed by atoms with Gasteiger partial charge in [-0.2, -0.15) is 0 Å². The normalized spacial score (nSPS) is 10.5. The highest BCUT2D eigenvalue weighted by molar-refractivity contribution is 5.97. The van der Waals surface area contributed by atoms with E-state index in [0.29, 0.717) is 23.2 Å². The average molecular weight is 368 g/mol. The highest BCUT2D eigenvalue weighted by atomic mass is 16.4. The third-order valence-electron chi connectivity index (χ3n) is 3.84. The number of hydrogen-bond acceptors (Lipinski definition) is 3. The van der Waals surface area contributed by atoms with E-state index in [1.807, 2.05) is 26.0 Å². The first kappa shape index (κ1) is 20.2. The van der Waals surface area contributed by atoms with Crippen LogP contribution >= 0.6 is 0 Å². The first-order chi connectivity index (χ1) is 12.7. The van der Waals surface area contributed by atoms with Gasteiger partial charge in [0.05, 0.1) is 5.56 Å². The number of aryl methyl sites for hydroxylation is 1. The molecule has 27 heavy (non-hydrogen) atoms. The van der Waals surface area contributed by atoms with Crippen LogP contribution in [0.25, 0.3) is 0 Å². The summed E-state index contributed by atoms with van der Waals surface area (Å²) in [5.41, 5.74) is 2.59. The summed E-state index contributed by atoms with van der Waals surface area (Å²) >= 11 is 0. The summed E-state index contributed by atoms with van der Waals surface area (Å²) in [7, 11) is 0. The third-order valence-corrected chi connectivity index (χ3v) is 3.84. The molecule has 0 aliphatic carbocycles. The zero-order chi connectivity index (χ0) is 20.0. The lowest BCUT2D eigenvalue weighted by atomic mass is 10.1. The molecule has 0 saturated heterocycles. The van der Waals surface area contributed by atoms with Crippen LogP contribution in [0.4, 0.5) is 5.69 Å². The Hall–Kier alpha value is -3.15. The maximum Gasteiger partial charge on any atom is 0.335 e. The number of hydrogen-bond donors (Lipinski definition) is 3. The molecule has 6 nitrogen and oxygen atoms in total. The fourth-order valence-corrected chi connectivity index (χ4v) is 2.66. The predicted octanol–water partition coefficient (Wildman–Crippen LogP) is 3.61. The lowest BCUT2D eigenvalue weighted by Crippen LogP contribution is -2.23. The number of carbonyl (C=O) groups excluding carboxylic acids is 2. The Labute approximate surface area is 158 Å². The van der Waals surface area contributed by atoms with E-state index in [2.05, 4.69) is 10.6 Å². The number of benzene rings is 2. The molecular formula is C21H24N2O4. The van der Waals surface area contributed by atoms with E-state index >= 15 is 0 Å². The van der Waals surface area contributed by atoms with E-state index in [1.54, 1.807) is 25.1 Å². The Morgan fingerprint density at radius 2 is 1.74 bits per heavy atom. The molecular weight excluding hydrogens is 344 g/mol. The molecule has 2 rings (SSSR count). The molecule has 0 radical (unpaired) electrons. The van der Waals surface area contributed by atoms with Crippen molar-refractivity contribution in [3.05, 3.63) is 64.7 Å². The van der Waals surface area contributed by atoms with Crippen LogP contribution in [-0.4, -0.2) is 22.9 Å². The Kier molecular flexibility index (Phi) is 6.71. The number of carbonyl (C=O) groups is 3. The standard InChI is InChI=1S/C21H24N2O4/c1-13(2)7-19(24)23-18-6-4-5-15(10-18)12-22-20(25)16-8-14(3)9-17(11-16)21(26)27/h4-6,8-11,13H,7,12H2,1-3H3,(H,22,25)(H,23,24)(H,26,27). The number of rotatable bonds is 7. The van der Waals surface area contributed by atoms with E-state index in [0.717, 1.165) is 5.56 Å². The van der Waals surface area contributed by atoms with Crippen LogP contribution in [-0.2, 0) is 11.3 Å². The van der Waals surface area contributed by atoms with Gasteiger partial charge < -0.3 is 15.7 Å². The van der Waals surface area contributed by atoms with E-state index < -0.39 is 5.97 Å². The number of anilines is 1. The van der Waals surface area contributed by atoms with Gasteiger partial charge in [-0.15, -0.1) is 0 Å². The molecule has 0 spiro atoms. The minimum Gasteiger partial charge on any atom is -0.478 e. The molecule has 2 amide bonds. The van der Waals surface area contributed by atoms with Crippen molar-refractivity contribution in [2.75, 3.05) is 5.32 Å². The maximum absolute atomic E-state index is 12.4. The fraction of sp³-hybridized carbons (Fsp3) is 0.286. The summed E-state index contributed by atoms with van der Waals surface area (Å²) in [5, 5.41) is 14.7. The molecule has 0 unspecified atom stereocenters. The lowest BCUT2D eigenvalue weighted by Gasteiger charge is -2.10. The van der Waals surface area contributed by atoms with Gasteiger partial charge >= 0.3 is 5.97 Å². The molecule has 0 heterocycles. The molecule has 0 bridgehead atoms. The fourth-order valence-electron chi connectivity index (χ4n) is 2.66. The van der Waals surface area contributed by atoms with Gasteiger partial charge in [0.15, 0.2) is 0 Å². The first-order valence-electron chi connectivity index (χ1n) is 8.76. The van der Waals surface area contributed by atoms with Gasteiger partial charge in [0.25, 0.3) is 5.91 Å². The van der Waals surface area contributed by atoms with Crippen molar-refractivity contribution >= 4 is 23.5 Å². The monoisotopic (exact) mass is 368 g/mol. The van der Waals surface area contributed by atoms with Crippen LogP contribution in [0.1, 0.15) is 52.1 Å². The van der Waals surface area contributed by atoms with Gasteiger partial charge in [0.1, 0.15) is 0 Å². The van der Waals surface area contributed by atoms with Crippen molar-refractivity contribution in [2.24, 2.45) is 5.92 Å². The first-order valence-corrected chi connectivity index (χ1v) is 8.76. The van der Waals surface area contributed by atoms with Gasteiger partial charge in [-0.1, -0.05) is 26.0 Å². The quantitative estimate of drug-likeness (QED) is 0.696. The molecule has 2 aromatic carbocycles. The Balaban J connectivity index is 2.02. The molecule has 142 valence electrons. The lowest BCUT2D eigenvalue weighted by molar-refractivity contribution is -0.116. The second kappa shape index (κ2) is 8.98. The molecule has 0 atom stereocenters. The van der Waals surface area contributed by atoms with Crippen LogP contribution in [0.2, 0.25) is 0 Å². The van der Waals surface area contributed by atoms with Crippen LogP contribution in [0, 0.1) is 12.8 Å². The van der Waals surface area contributed by atoms with Crippen molar-refractivity contribution in [3.8, 4) is 0 Å². The largest absolute Gasteiger partial charge is 0.478 e. The molecule has 3 N–H and O–H groups in total. The number of aromatic carboxylic acids is 1. The number of nitrogens with one attached hydrogen (secondary N) is 2. The second-order valence-corrected chi connectivity index (χ2v) is 6.92. The molecule has 0 fully saturated rings. The summed E-state index contributed by atoms with van der Waals surface area (Å²) in [4.78, 5) is 35.4. The highest BCUT2D eigenvalue weighted by Crippen LogP contribution is 2.13. The summed E-state index contributed by atoms with van der Waals surface area (Å²) in [6.45, 7) is 5.97. The molecule has 6 heteroatoms. The number of carboxylic acids is 1. The number of amides is 2. The Bertz CT molecular complexity index is 859. The SMILES string of the molecule is Cc1cc(C(=O)O)cc(C(=O)NCc2cccc(NC(=O)CC(C)C)c2)c1. The van der Waals surface area contributed by atoms with Crippen molar-refractivity contribution in [2.45, 2.75) is 33.7 Å². The molecule has 0 aliphatic heterocycles. The van der Waals surface area contributed by atoms with Crippen LogP contribution < -0.4 is 10.6 Å².